The van der Waals surface area contributed by atoms with Crippen molar-refractivity contribution in [3.8, 4) is 5.75 Å². The van der Waals surface area contributed by atoms with Gasteiger partial charge in [0.05, 0.1) is 12.0 Å². The number of esters is 1. The Bertz CT molecular complexity index is 432. The molecule has 0 spiro atoms. The zero-order valence-corrected chi connectivity index (χ0v) is 12.1. The fraction of sp³-hybridized carbons (Fsp3) is 0.533. The lowest BCUT2D eigenvalue weighted by Gasteiger charge is -2.17. The van der Waals surface area contributed by atoms with Crippen LogP contribution in [0.2, 0.25) is 0 Å². The second kappa shape index (κ2) is 7.87. The van der Waals surface area contributed by atoms with Crippen molar-refractivity contribution in [2.45, 2.75) is 46.2 Å². The predicted molar refractivity (Wildman–Crippen MR) is 73.9 cm³/mol. The van der Waals surface area contributed by atoms with Gasteiger partial charge in [0.25, 0.3) is 0 Å². The number of ether oxygens (including phenoxy) is 2. The van der Waals surface area contributed by atoms with Gasteiger partial charge in [0.15, 0.2) is 0 Å². The van der Waals surface area contributed by atoms with E-state index in [1.165, 1.54) is 0 Å². The van der Waals surface area contributed by atoms with Crippen molar-refractivity contribution in [1.82, 2.24) is 0 Å². The van der Waals surface area contributed by atoms with E-state index in [0.717, 1.165) is 0 Å². The van der Waals surface area contributed by atoms with E-state index in [0.29, 0.717) is 24.2 Å². The molecule has 1 aromatic rings. The highest BCUT2D eigenvalue weighted by molar-refractivity contribution is 5.71. The number of hydrogen-bond donors (Lipinski definition) is 2. The zero-order chi connectivity index (χ0) is 15.1. The molecule has 0 aliphatic rings. The number of carbonyl (C=O) groups excluding carboxylic acids is 1. The molecule has 2 N–H and O–H groups in total. The van der Waals surface area contributed by atoms with Gasteiger partial charge in [-0.3, -0.25) is 4.79 Å². The van der Waals surface area contributed by atoms with E-state index in [9.17, 15) is 15.0 Å². The topological polar surface area (TPSA) is 76.0 Å². The summed E-state index contributed by atoms with van der Waals surface area (Å²) in [5.74, 6) is -0.467. The molecular formula is C15H22O5. The van der Waals surface area contributed by atoms with Gasteiger partial charge in [-0.15, -0.1) is 0 Å². The second-order valence-corrected chi connectivity index (χ2v) is 4.67. The maximum atomic E-state index is 11.5. The van der Waals surface area contributed by atoms with Crippen LogP contribution in [0.5, 0.6) is 5.75 Å². The summed E-state index contributed by atoms with van der Waals surface area (Å²) < 4.78 is 9.88. The molecular weight excluding hydrogens is 260 g/mol. The standard InChI is InChI=1S/C15H22O5/c1-4-10(3)14(17)20-15(18)19-12-8-6-7-11(9-12)13(16)5-2/h6-10,13,15-16,18H,4-5H2,1-3H3. The third-order valence-electron chi connectivity index (χ3n) is 3.10. The third-order valence-corrected chi connectivity index (χ3v) is 3.10. The van der Waals surface area contributed by atoms with Gasteiger partial charge in [-0.25, -0.2) is 0 Å². The Kier molecular flexibility index (Phi) is 6.48. The molecule has 5 heteroatoms. The van der Waals surface area contributed by atoms with E-state index in [4.69, 9.17) is 9.47 Å². The molecule has 5 nitrogen and oxygen atoms in total. The minimum Gasteiger partial charge on any atom is -0.432 e. The summed E-state index contributed by atoms with van der Waals surface area (Å²) >= 11 is 0. The lowest BCUT2D eigenvalue weighted by molar-refractivity contribution is -0.220. The third kappa shape index (κ3) is 4.83. The molecule has 3 atom stereocenters. The van der Waals surface area contributed by atoms with Crippen LogP contribution in [-0.2, 0) is 9.53 Å². The minimum absolute atomic E-state index is 0.290. The van der Waals surface area contributed by atoms with Crippen molar-refractivity contribution in [1.29, 1.82) is 0 Å². The second-order valence-electron chi connectivity index (χ2n) is 4.67. The van der Waals surface area contributed by atoms with Gasteiger partial charge in [0, 0.05) is 0 Å². The van der Waals surface area contributed by atoms with Crippen molar-refractivity contribution in [2.24, 2.45) is 5.92 Å². The Morgan fingerprint density at radius 2 is 1.95 bits per heavy atom. The number of aliphatic hydroxyl groups is 2. The van der Waals surface area contributed by atoms with E-state index >= 15 is 0 Å². The summed E-state index contributed by atoms with van der Waals surface area (Å²) in [5, 5.41) is 19.3. The first kappa shape index (κ1) is 16.5. The van der Waals surface area contributed by atoms with Gasteiger partial charge in [-0.2, -0.15) is 0 Å². The molecule has 0 fully saturated rings. The quantitative estimate of drug-likeness (QED) is 0.593. The summed E-state index contributed by atoms with van der Waals surface area (Å²) in [6, 6.07) is 6.69. The van der Waals surface area contributed by atoms with Gasteiger partial charge < -0.3 is 19.7 Å². The van der Waals surface area contributed by atoms with Crippen LogP contribution in [0.4, 0.5) is 0 Å². The van der Waals surface area contributed by atoms with E-state index in [1.807, 2.05) is 13.8 Å². The lowest BCUT2D eigenvalue weighted by Crippen LogP contribution is -2.26. The molecule has 0 saturated heterocycles. The smallest absolute Gasteiger partial charge is 0.360 e. The SMILES string of the molecule is CCC(C)C(=O)OC(O)Oc1cccc(C(O)CC)c1. The Morgan fingerprint density at radius 1 is 1.25 bits per heavy atom. The van der Waals surface area contributed by atoms with Crippen LogP contribution < -0.4 is 4.74 Å². The van der Waals surface area contributed by atoms with Gasteiger partial charge in [0.1, 0.15) is 5.75 Å². The van der Waals surface area contributed by atoms with E-state index in [2.05, 4.69) is 0 Å². The largest absolute Gasteiger partial charge is 0.432 e. The normalized spacial score (nSPS) is 15.2. The predicted octanol–water partition coefficient (Wildman–Crippen LogP) is 2.37. The maximum Gasteiger partial charge on any atom is 0.360 e. The molecule has 0 heterocycles. The zero-order valence-electron chi connectivity index (χ0n) is 12.1. The summed E-state index contributed by atoms with van der Waals surface area (Å²) in [4.78, 5) is 11.5. The number of benzene rings is 1. The highest BCUT2D eigenvalue weighted by Gasteiger charge is 2.18. The first-order valence-electron chi connectivity index (χ1n) is 6.81. The number of carbonyl (C=O) groups is 1. The summed E-state index contributed by atoms with van der Waals surface area (Å²) in [6.07, 6.45) is 0.622. The van der Waals surface area contributed by atoms with E-state index in [1.54, 1.807) is 31.2 Å². The first-order valence-corrected chi connectivity index (χ1v) is 6.81. The molecule has 0 saturated carbocycles. The van der Waals surface area contributed by atoms with Crippen molar-refractivity contribution in [3.05, 3.63) is 29.8 Å². The number of aliphatic hydroxyl groups excluding tert-OH is 2. The molecule has 0 aliphatic heterocycles. The molecule has 0 bridgehead atoms. The molecule has 1 aromatic carbocycles. The molecule has 1 rings (SSSR count). The Morgan fingerprint density at radius 3 is 2.55 bits per heavy atom. The van der Waals surface area contributed by atoms with E-state index in [-0.39, 0.29) is 5.92 Å². The molecule has 0 radical (unpaired) electrons. The average molecular weight is 282 g/mol. The minimum atomic E-state index is -1.65. The van der Waals surface area contributed by atoms with Crippen LogP contribution in [0.1, 0.15) is 45.3 Å². The van der Waals surface area contributed by atoms with Crippen LogP contribution in [0.3, 0.4) is 0 Å². The first-order chi connectivity index (χ1) is 9.47. The Hall–Kier alpha value is -1.59. The fourth-order valence-corrected chi connectivity index (χ4v) is 1.55. The summed E-state index contributed by atoms with van der Waals surface area (Å²) in [5.41, 5.74) is 0.686. The summed E-state index contributed by atoms with van der Waals surface area (Å²) in [7, 11) is 0. The van der Waals surface area contributed by atoms with Gasteiger partial charge in [-0.1, -0.05) is 32.9 Å². The molecule has 0 aliphatic carbocycles. The van der Waals surface area contributed by atoms with Crippen LogP contribution in [0.25, 0.3) is 0 Å². The van der Waals surface area contributed by atoms with Crippen LogP contribution in [-0.4, -0.2) is 22.7 Å². The average Bonchev–Trinajstić information content (AvgIpc) is 2.45. The van der Waals surface area contributed by atoms with Crippen molar-refractivity contribution in [2.75, 3.05) is 0 Å². The van der Waals surface area contributed by atoms with Crippen molar-refractivity contribution < 1.29 is 24.5 Å². The van der Waals surface area contributed by atoms with Gasteiger partial charge in [-0.05, 0) is 30.5 Å². The molecule has 112 valence electrons. The molecule has 0 amide bonds. The maximum absolute atomic E-state index is 11.5. The van der Waals surface area contributed by atoms with Crippen molar-refractivity contribution >= 4 is 5.97 Å². The van der Waals surface area contributed by atoms with Crippen LogP contribution in [0, 0.1) is 5.92 Å². The lowest BCUT2D eigenvalue weighted by atomic mass is 10.1. The number of rotatable bonds is 7. The van der Waals surface area contributed by atoms with E-state index < -0.39 is 18.5 Å². The highest BCUT2D eigenvalue weighted by Crippen LogP contribution is 2.22. The fourth-order valence-electron chi connectivity index (χ4n) is 1.55. The van der Waals surface area contributed by atoms with Crippen LogP contribution in [0.15, 0.2) is 24.3 Å². The monoisotopic (exact) mass is 282 g/mol. The highest BCUT2D eigenvalue weighted by atomic mass is 16.8. The van der Waals surface area contributed by atoms with Gasteiger partial charge in [0.2, 0.25) is 0 Å². The Labute approximate surface area is 119 Å². The number of hydrogen-bond acceptors (Lipinski definition) is 5. The van der Waals surface area contributed by atoms with Gasteiger partial charge >= 0.3 is 12.4 Å². The molecule has 3 unspecified atom stereocenters. The molecule has 20 heavy (non-hydrogen) atoms. The Balaban J connectivity index is 2.62. The van der Waals surface area contributed by atoms with Crippen molar-refractivity contribution in [3.63, 3.8) is 0 Å². The molecule has 0 aromatic heterocycles. The van der Waals surface area contributed by atoms with Crippen LogP contribution >= 0.6 is 0 Å². The summed E-state index contributed by atoms with van der Waals surface area (Å²) in [6.45, 7) is 3.79.